The molecule has 13 heavy (non-hydrogen) atoms. The summed E-state index contributed by atoms with van der Waals surface area (Å²) in [7, 11) is -3.01. The zero-order valence-corrected chi connectivity index (χ0v) is 9.44. The van der Waals surface area contributed by atoms with E-state index in [4.69, 9.17) is 11.6 Å². The van der Waals surface area contributed by atoms with Crippen LogP contribution in [0.1, 0.15) is 19.8 Å². The van der Waals surface area contributed by atoms with Crippen molar-refractivity contribution in [1.82, 2.24) is 4.31 Å². The molecule has 1 saturated heterocycles. The standard InChI is InChI=1S/C8H16ClNO2S/c1-8-3-5-10(7-8)13(11,12)6-2-4-9/h8H,2-7H2,1H3. The fourth-order valence-corrected chi connectivity index (χ4v) is 3.44. The Morgan fingerprint density at radius 3 is 2.69 bits per heavy atom. The molecule has 5 heteroatoms. The van der Waals surface area contributed by atoms with Gasteiger partial charge in [-0.3, -0.25) is 0 Å². The monoisotopic (exact) mass is 225 g/mol. The molecule has 0 aromatic heterocycles. The minimum atomic E-state index is -3.01. The first-order valence-corrected chi connectivity index (χ1v) is 6.74. The first kappa shape index (κ1) is 11.3. The molecule has 0 spiro atoms. The molecule has 0 N–H and O–H groups in total. The van der Waals surface area contributed by atoms with Gasteiger partial charge in [0.1, 0.15) is 0 Å². The van der Waals surface area contributed by atoms with Gasteiger partial charge in [0.15, 0.2) is 0 Å². The minimum Gasteiger partial charge on any atom is -0.212 e. The molecule has 3 nitrogen and oxygen atoms in total. The summed E-state index contributed by atoms with van der Waals surface area (Å²) in [4.78, 5) is 0. The third-order valence-electron chi connectivity index (χ3n) is 2.32. The molecule has 0 aromatic carbocycles. The fraction of sp³-hybridized carbons (Fsp3) is 1.00. The highest BCUT2D eigenvalue weighted by Gasteiger charge is 2.28. The van der Waals surface area contributed by atoms with Crippen LogP contribution in [0.4, 0.5) is 0 Å². The van der Waals surface area contributed by atoms with Gasteiger partial charge in [-0.1, -0.05) is 6.92 Å². The Kier molecular flexibility index (Phi) is 4.01. The van der Waals surface area contributed by atoms with Crippen LogP contribution in [0.3, 0.4) is 0 Å². The normalized spacial score (nSPS) is 25.2. The molecule has 0 radical (unpaired) electrons. The van der Waals surface area contributed by atoms with Gasteiger partial charge in [0.2, 0.25) is 10.0 Å². The molecule has 78 valence electrons. The third-order valence-corrected chi connectivity index (χ3v) is 4.51. The maximum Gasteiger partial charge on any atom is 0.214 e. The lowest BCUT2D eigenvalue weighted by Crippen LogP contribution is -2.30. The smallest absolute Gasteiger partial charge is 0.212 e. The van der Waals surface area contributed by atoms with Crippen LogP contribution in [0.15, 0.2) is 0 Å². The lowest BCUT2D eigenvalue weighted by Gasteiger charge is -2.15. The summed E-state index contributed by atoms with van der Waals surface area (Å²) >= 11 is 5.46. The summed E-state index contributed by atoms with van der Waals surface area (Å²) in [6.07, 6.45) is 1.54. The molecule has 0 amide bonds. The minimum absolute atomic E-state index is 0.198. The Balaban J connectivity index is 2.50. The van der Waals surface area contributed by atoms with E-state index in [0.717, 1.165) is 6.42 Å². The Hall–Kier alpha value is 0.200. The van der Waals surface area contributed by atoms with Crippen LogP contribution in [-0.2, 0) is 10.0 Å². The van der Waals surface area contributed by atoms with Gasteiger partial charge in [-0.25, -0.2) is 12.7 Å². The second-order valence-electron chi connectivity index (χ2n) is 3.61. The number of sulfonamides is 1. The molecule has 1 aliphatic rings. The zero-order chi connectivity index (χ0) is 9.90. The average molecular weight is 226 g/mol. The molecular weight excluding hydrogens is 210 g/mol. The molecule has 0 saturated carbocycles. The van der Waals surface area contributed by atoms with Crippen molar-refractivity contribution in [3.8, 4) is 0 Å². The van der Waals surface area contributed by atoms with Gasteiger partial charge < -0.3 is 0 Å². The fourth-order valence-electron chi connectivity index (χ4n) is 1.51. The van der Waals surface area contributed by atoms with E-state index in [9.17, 15) is 8.42 Å². The van der Waals surface area contributed by atoms with Crippen LogP contribution >= 0.6 is 11.6 Å². The zero-order valence-electron chi connectivity index (χ0n) is 7.87. The van der Waals surface area contributed by atoms with Gasteiger partial charge in [0.05, 0.1) is 5.75 Å². The molecule has 0 bridgehead atoms. The quantitative estimate of drug-likeness (QED) is 0.677. The highest BCUT2D eigenvalue weighted by Crippen LogP contribution is 2.19. The average Bonchev–Trinajstić information content (AvgIpc) is 2.49. The van der Waals surface area contributed by atoms with E-state index in [-0.39, 0.29) is 5.75 Å². The topological polar surface area (TPSA) is 37.4 Å². The van der Waals surface area contributed by atoms with Gasteiger partial charge >= 0.3 is 0 Å². The van der Waals surface area contributed by atoms with E-state index >= 15 is 0 Å². The van der Waals surface area contributed by atoms with Gasteiger partial charge in [0.25, 0.3) is 0 Å². The summed E-state index contributed by atoms with van der Waals surface area (Å²) in [6, 6.07) is 0. The predicted molar refractivity (Wildman–Crippen MR) is 54.5 cm³/mol. The van der Waals surface area contributed by atoms with Crippen molar-refractivity contribution in [3.63, 3.8) is 0 Å². The van der Waals surface area contributed by atoms with Crippen LogP contribution in [0.5, 0.6) is 0 Å². The van der Waals surface area contributed by atoms with Crippen molar-refractivity contribution >= 4 is 21.6 Å². The second kappa shape index (κ2) is 4.62. The van der Waals surface area contributed by atoms with Crippen molar-refractivity contribution < 1.29 is 8.42 Å². The van der Waals surface area contributed by atoms with Crippen molar-refractivity contribution in [2.75, 3.05) is 24.7 Å². The summed E-state index contributed by atoms with van der Waals surface area (Å²) in [5.74, 6) is 1.12. The maximum atomic E-state index is 11.6. The van der Waals surface area contributed by atoms with Gasteiger partial charge in [-0.15, -0.1) is 11.6 Å². The first-order chi connectivity index (χ1) is 6.06. The second-order valence-corrected chi connectivity index (χ2v) is 6.08. The molecular formula is C8H16ClNO2S. The molecule has 1 atom stereocenters. The Labute approximate surface area is 85.1 Å². The highest BCUT2D eigenvalue weighted by atomic mass is 35.5. The van der Waals surface area contributed by atoms with Crippen molar-refractivity contribution in [2.24, 2.45) is 5.92 Å². The van der Waals surface area contributed by atoms with Gasteiger partial charge in [-0.2, -0.15) is 0 Å². The van der Waals surface area contributed by atoms with Crippen LogP contribution < -0.4 is 0 Å². The number of hydrogen-bond donors (Lipinski definition) is 0. The first-order valence-electron chi connectivity index (χ1n) is 4.60. The van der Waals surface area contributed by atoms with E-state index in [0.29, 0.717) is 31.3 Å². The largest absolute Gasteiger partial charge is 0.214 e. The van der Waals surface area contributed by atoms with Crippen LogP contribution in [0.2, 0.25) is 0 Å². The number of nitrogens with zero attached hydrogens (tertiary/aromatic N) is 1. The van der Waals surface area contributed by atoms with E-state index in [1.807, 2.05) is 0 Å². The van der Waals surface area contributed by atoms with E-state index in [1.165, 1.54) is 0 Å². The van der Waals surface area contributed by atoms with Crippen LogP contribution in [-0.4, -0.2) is 37.4 Å². The van der Waals surface area contributed by atoms with Crippen LogP contribution in [0, 0.1) is 5.92 Å². The SMILES string of the molecule is CC1CCN(S(=O)(=O)CCCCl)C1. The molecule has 1 unspecified atom stereocenters. The number of halogens is 1. The Morgan fingerprint density at radius 2 is 2.23 bits per heavy atom. The summed E-state index contributed by atoms with van der Waals surface area (Å²) in [5.41, 5.74) is 0. The summed E-state index contributed by atoms with van der Waals surface area (Å²) in [6.45, 7) is 3.45. The number of rotatable bonds is 4. The third kappa shape index (κ3) is 3.11. The van der Waals surface area contributed by atoms with Gasteiger partial charge in [0, 0.05) is 19.0 Å². The molecule has 1 heterocycles. The highest BCUT2D eigenvalue weighted by molar-refractivity contribution is 7.89. The molecule has 1 fully saturated rings. The maximum absolute atomic E-state index is 11.6. The summed E-state index contributed by atoms with van der Waals surface area (Å²) in [5, 5.41) is 0. The van der Waals surface area contributed by atoms with E-state index in [1.54, 1.807) is 4.31 Å². The lowest BCUT2D eigenvalue weighted by atomic mass is 10.2. The summed E-state index contributed by atoms with van der Waals surface area (Å²) < 4.78 is 24.8. The number of hydrogen-bond acceptors (Lipinski definition) is 2. The molecule has 1 aliphatic heterocycles. The van der Waals surface area contributed by atoms with Gasteiger partial charge in [-0.05, 0) is 18.8 Å². The Morgan fingerprint density at radius 1 is 1.54 bits per heavy atom. The molecule has 0 aliphatic carbocycles. The molecule has 0 aromatic rings. The molecule has 1 rings (SSSR count). The lowest BCUT2D eigenvalue weighted by molar-refractivity contribution is 0.464. The Bertz CT molecular complexity index is 253. The van der Waals surface area contributed by atoms with E-state index < -0.39 is 10.0 Å². The number of alkyl halides is 1. The van der Waals surface area contributed by atoms with E-state index in [2.05, 4.69) is 6.92 Å². The van der Waals surface area contributed by atoms with Crippen molar-refractivity contribution in [1.29, 1.82) is 0 Å². The van der Waals surface area contributed by atoms with Crippen molar-refractivity contribution in [2.45, 2.75) is 19.8 Å². The van der Waals surface area contributed by atoms with Crippen LogP contribution in [0.25, 0.3) is 0 Å². The van der Waals surface area contributed by atoms with Crippen molar-refractivity contribution in [3.05, 3.63) is 0 Å². The predicted octanol–water partition coefficient (Wildman–Crippen LogP) is 1.29.